The molecule has 1 saturated heterocycles. The topological polar surface area (TPSA) is 30.5 Å². The predicted molar refractivity (Wildman–Crippen MR) is 39.1 cm³/mol. The second-order valence-electron chi connectivity index (χ2n) is 2.62. The number of methoxy groups -OCH3 is 1. The number of halogens is 1. The highest BCUT2D eigenvalue weighted by atomic mass is 19.1. The van der Waals surface area contributed by atoms with E-state index >= 15 is 0 Å². The van der Waals surface area contributed by atoms with Crippen LogP contribution in [0.5, 0.6) is 0 Å². The van der Waals surface area contributed by atoms with Gasteiger partial charge in [0.05, 0.1) is 6.10 Å². The van der Waals surface area contributed by atoms with Crippen LogP contribution in [0, 0.1) is 0 Å². The van der Waals surface area contributed by atoms with E-state index < -0.39 is 6.17 Å². The lowest BCUT2D eigenvalue weighted by molar-refractivity contribution is -0.103. The second-order valence-corrected chi connectivity index (χ2v) is 2.62. The fraction of sp³-hybridized carbons (Fsp3) is 1.00. The Hall–Kier alpha value is -0.190. The molecular formula is C7H14FNO2. The molecule has 1 heterocycles. The highest BCUT2D eigenvalue weighted by Crippen LogP contribution is 2.11. The van der Waals surface area contributed by atoms with Gasteiger partial charge in [-0.3, -0.25) is 0 Å². The molecule has 1 fully saturated rings. The summed E-state index contributed by atoms with van der Waals surface area (Å²) in [5.41, 5.74) is 0. The minimum absolute atomic E-state index is 0.186. The zero-order valence-corrected chi connectivity index (χ0v) is 6.68. The number of ether oxygens (including phenoxy) is 2. The molecule has 0 aromatic heterocycles. The van der Waals surface area contributed by atoms with Gasteiger partial charge in [0.1, 0.15) is 13.0 Å². The normalized spacial score (nSPS) is 32.2. The van der Waals surface area contributed by atoms with Gasteiger partial charge in [0.2, 0.25) is 0 Å². The summed E-state index contributed by atoms with van der Waals surface area (Å²) in [6.45, 7) is 1.41. The lowest BCUT2D eigenvalue weighted by Gasteiger charge is -2.26. The van der Waals surface area contributed by atoms with E-state index in [1.807, 2.05) is 0 Å². The third-order valence-corrected chi connectivity index (χ3v) is 1.75. The SMILES string of the molecule is COCOC1CCNCC1F. The molecule has 0 aliphatic carbocycles. The summed E-state index contributed by atoms with van der Waals surface area (Å²) in [5, 5.41) is 2.95. The molecule has 0 spiro atoms. The molecule has 0 aromatic rings. The van der Waals surface area contributed by atoms with Crippen molar-refractivity contribution in [2.24, 2.45) is 0 Å². The summed E-state index contributed by atoms with van der Waals surface area (Å²) >= 11 is 0. The van der Waals surface area contributed by atoms with Gasteiger partial charge in [0, 0.05) is 13.7 Å². The van der Waals surface area contributed by atoms with Crippen LogP contribution in [0.15, 0.2) is 0 Å². The Labute approximate surface area is 65.9 Å². The van der Waals surface area contributed by atoms with Crippen LogP contribution >= 0.6 is 0 Å². The molecule has 4 heteroatoms. The first-order chi connectivity index (χ1) is 5.34. The maximum Gasteiger partial charge on any atom is 0.146 e. The van der Waals surface area contributed by atoms with Crippen molar-refractivity contribution in [3.05, 3.63) is 0 Å². The van der Waals surface area contributed by atoms with Crippen LogP contribution < -0.4 is 5.32 Å². The zero-order valence-electron chi connectivity index (χ0n) is 6.68. The summed E-state index contributed by atoms with van der Waals surface area (Å²) in [7, 11) is 1.54. The molecule has 1 aliphatic heterocycles. The molecule has 0 radical (unpaired) electrons. The van der Waals surface area contributed by atoms with E-state index in [0.29, 0.717) is 6.54 Å². The number of hydrogen-bond acceptors (Lipinski definition) is 3. The molecular weight excluding hydrogens is 149 g/mol. The van der Waals surface area contributed by atoms with Crippen molar-refractivity contribution in [3.63, 3.8) is 0 Å². The molecule has 1 aliphatic rings. The van der Waals surface area contributed by atoms with Crippen molar-refractivity contribution in [1.82, 2.24) is 5.32 Å². The molecule has 0 amide bonds. The number of piperidine rings is 1. The van der Waals surface area contributed by atoms with Crippen molar-refractivity contribution >= 4 is 0 Å². The quantitative estimate of drug-likeness (QED) is 0.607. The average molecular weight is 163 g/mol. The third kappa shape index (κ3) is 2.73. The van der Waals surface area contributed by atoms with Gasteiger partial charge in [-0.25, -0.2) is 4.39 Å². The van der Waals surface area contributed by atoms with Crippen molar-refractivity contribution in [3.8, 4) is 0 Å². The fourth-order valence-corrected chi connectivity index (χ4v) is 1.14. The Morgan fingerprint density at radius 3 is 3.09 bits per heavy atom. The number of alkyl halides is 1. The summed E-state index contributed by atoms with van der Waals surface area (Å²) in [6.07, 6.45) is -0.444. The van der Waals surface area contributed by atoms with Crippen LogP contribution in [-0.4, -0.2) is 39.3 Å². The lowest BCUT2D eigenvalue weighted by Crippen LogP contribution is -2.43. The summed E-state index contributed by atoms with van der Waals surface area (Å²) in [4.78, 5) is 0. The van der Waals surface area contributed by atoms with Crippen molar-refractivity contribution in [2.45, 2.75) is 18.7 Å². The van der Waals surface area contributed by atoms with Gasteiger partial charge in [-0.2, -0.15) is 0 Å². The molecule has 0 bridgehead atoms. The largest absolute Gasteiger partial charge is 0.359 e. The Morgan fingerprint density at radius 1 is 1.64 bits per heavy atom. The molecule has 0 saturated carbocycles. The standard InChI is InChI=1S/C7H14FNO2/c1-10-5-11-7-2-3-9-4-6(7)8/h6-7,9H,2-5H2,1H3. The van der Waals surface area contributed by atoms with Gasteiger partial charge in [0.15, 0.2) is 0 Å². The zero-order chi connectivity index (χ0) is 8.10. The van der Waals surface area contributed by atoms with Crippen LogP contribution in [-0.2, 0) is 9.47 Å². The number of nitrogens with one attached hydrogen (secondary N) is 1. The highest BCUT2D eigenvalue weighted by Gasteiger charge is 2.24. The molecule has 1 N–H and O–H groups in total. The first kappa shape index (κ1) is 8.90. The monoisotopic (exact) mass is 163 g/mol. The Kier molecular flexibility index (Phi) is 3.76. The van der Waals surface area contributed by atoms with E-state index in [0.717, 1.165) is 13.0 Å². The second kappa shape index (κ2) is 4.64. The van der Waals surface area contributed by atoms with E-state index in [4.69, 9.17) is 4.74 Å². The molecule has 1 rings (SSSR count). The van der Waals surface area contributed by atoms with E-state index in [1.54, 1.807) is 0 Å². The van der Waals surface area contributed by atoms with Gasteiger partial charge in [-0.15, -0.1) is 0 Å². The fourth-order valence-electron chi connectivity index (χ4n) is 1.14. The third-order valence-electron chi connectivity index (χ3n) is 1.75. The van der Waals surface area contributed by atoms with E-state index in [2.05, 4.69) is 10.1 Å². The lowest BCUT2D eigenvalue weighted by atomic mass is 10.1. The molecule has 2 atom stereocenters. The Morgan fingerprint density at radius 2 is 2.45 bits per heavy atom. The van der Waals surface area contributed by atoms with E-state index in [1.165, 1.54) is 7.11 Å². The number of rotatable bonds is 3. The first-order valence-corrected chi connectivity index (χ1v) is 3.80. The maximum atomic E-state index is 12.9. The van der Waals surface area contributed by atoms with Gasteiger partial charge in [-0.05, 0) is 13.0 Å². The van der Waals surface area contributed by atoms with Gasteiger partial charge in [0.25, 0.3) is 0 Å². The maximum absolute atomic E-state index is 12.9. The summed E-state index contributed by atoms with van der Waals surface area (Å²) < 4.78 is 22.7. The minimum atomic E-state index is -0.890. The first-order valence-electron chi connectivity index (χ1n) is 3.80. The number of hydrogen-bond donors (Lipinski definition) is 1. The van der Waals surface area contributed by atoms with E-state index in [9.17, 15) is 4.39 Å². The van der Waals surface area contributed by atoms with Crippen LogP contribution in [0.4, 0.5) is 4.39 Å². The van der Waals surface area contributed by atoms with Crippen molar-refractivity contribution in [1.29, 1.82) is 0 Å². The molecule has 3 nitrogen and oxygen atoms in total. The highest BCUT2D eigenvalue weighted by molar-refractivity contribution is 4.77. The smallest absolute Gasteiger partial charge is 0.146 e. The summed E-state index contributed by atoms with van der Waals surface area (Å²) in [5.74, 6) is 0. The van der Waals surface area contributed by atoms with Gasteiger partial charge < -0.3 is 14.8 Å². The molecule has 66 valence electrons. The molecule has 0 aromatic carbocycles. The summed E-state index contributed by atoms with van der Waals surface area (Å²) in [6, 6.07) is 0. The van der Waals surface area contributed by atoms with Crippen molar-refractivity contribution < 1.29 is 13.9 Å². The van der Waals surface area contributed by atoms with E-state index in [-0.39, 0.29) is 12.9 Å². The molecule has 11 heavy (non-hydrogen) atoms. The van der Waals surface area contributed by atoms with Crippen LogP contribution in [0.3, 0.4) is 0 Å². The average Bonchev–Trinajstić information content (AvgIpc) is 2.03. The molecule has 2 unspecified atom stereocenters. The Bertz CT molecular complexity index is 113. The van der Waals surface area contributed by atoms with Crippen molar-refractivity contribution in [2.75, 3.05) is 27.0 Å². The van der Waals surface area contributed by atoms with Crippen LogP contribution in [0.25, 0.3) is 0 Å². The van der Waals surface area contributed by atoms with Gasteiger partial charge in [-0.1, -0.05) is 0 Å². The minimum Gasteiger partial charge on any atom is -0.359 e. The van der Waals surface area contributed by atoms with Crippen LogP contribution in [0.2, 0.25) is 0 Å². The Balaban J connectivity index is 2.18. The predicted octanol–water partition coefficient (Wildman–Crippen LogP) is 0.307. The van der Waals surface area contributed by atoms with Crippen LogP contribution in [0.1, 0.15) is 6.42 Å². The van der Waals surface area contributed by atoms with Gasteiger partial charge >= 0.3 is 0 Å².